The molecule has 8 nitrogen and oxygen atoms in total. The number of aromatic nitrogens is 1. The van der Waals surface area contributed by atoms with Crippen molar-refractivity contribution < 1.29 is 14.7 Å². The quantitative estimate of drug-likeness (QED) is 0.198. The van der Waals surface area contributed by atoms with Crippen molar-refractivity contribution in [1.29, 1.82) is 0 Å². The molecule has 2 fully saturated rings. The second kappa shape index (κ2) is 10.0. The number of carbonyl (C=O) groups is 1. The molecule has 2 unspecified atom stereocenters. The van der Waals surface area contributed by atoms with Gasteiger partial charge in [-0.25, -0.2) is 0 Å². The van der Waals surface area contributed by atoms with E-state index in [4.69, 9.17) is 4.84 Å². The van der Waals surface area contributed by atoms with E-state index in [1.807, 2.05) is 53.1 Å². The number of aromatic hydroxyl groups is 1. The number of carbonyl (C=O) groups excluding carboxylic acids is 1. The number of halogens is 1. The predicted octanol–water partition coefficient (Wildman–Crippen LogP) is 6.63. The van der Waals surface area contributed by atoms with Gasteiger partial charge in [0.1, 0.15) is 0 Å². The van der Waals surface area contributed by atoms with E-state index in [1.54, 1.807) is 0 Å². The Bertz CT molecular complexity index is 1370. The molecule has 1 aromatic heterocycles. The van der Waals surface area contributed by atoms with Gasteiger partial charge in [-0.15, -0.1) is 10.2 Å². The molecule has 2 aromatic carbocycles. The maximum Gasteiger partial charge on any atom is 0.304 e. The number of nitrogens with zero attached hydrogens (tertiary/aromatic N) is 5. The molecule has 1 aliphatic heterocycles. The zero-order chi connectivity index (χ0) is 26.2. The zero-order valence-electron chi connectivity index (χ0n) is 21.4. The minimum atomic E-state index is -0.594. The average Bonchev–Trinajstić information content (AvgIpc) is 3.23. The largest absolute Gasteiger partial charge is 0.493 e. The van der Waals surface area contributed by atoms with E-state index in [0.29, 0.717) is 18.1 Å². The molecule has 2 aliphatic rings. The molecule has 0 radical (unpaired) electrons. The molecule has 1 saturated carbocycles. The van der Waals surface area contributed by atoms with Crippen LogP contribution in [0.25, 0.3) is 10.9 Å². The van der Waals surface area contributed by atoms with Gasteiger partial charge in [0.05, 0.1) is 18.4 Å². The van der Waals surface area contributed by atoms with Crippen LogP contribution in [0.4, 0.5) is 5.69 Å². The average molecular weight is 567 g/mol. The lowest BCUT2D eigenvalue weighted by Gasteiger charge is -2.40. The van der Waals surface area contributed by atoms with E-state index in [2.05, 4.69) is 57.0 Å². The van der Waals surface area contributed by atoms with Crippen molar-refractivity contribution in [2.45, 2.75) is 52.7 Å². The summed E-state index contributed by atoms with van der Waals surface area (Å²) in [6.45, 7) is 8.29. The van der Waals surface area contributed by atoms with Gasteiger partial charge in [0.15, 0.2) is 12.3 Å². The maximum absolute atomic E-state index is 12.3. The van der Waals surface area contributed by atoms with Crippen molar-refractivity contribution in [1.82, 2.24) is 9.47 Å². The molecule has 3 aromatic rings. The molecule has 194 valence electrons. The van der Waals surface area contributed by atoms with Gasteiger partial charge in [0.2, 0.25) is 5.88 Å². The molecule has 1 N–H and O–H groups in total. The van der Waals surface area contributed by atoms with E-state index in [0.717, 1.165) is 33.9 Å². The van der Waals surface area contributed by atoms with Crippen molar-refractivity contribution >= 4 is 44.6 Å². The van der Waals surface area contributed by atoms with Gasteiger partial charge in [0, 0.05) is 22.4 Å². The summed E-state index contributed by atoms with van der Waals surface area (Å²) >= 11 is 3.51. The van der Waals surface area contributed by atoms with Gasteiger partial charge >= 0.3 is 5.91 Å². The second-order valence-electron chi connectivity index (χ2n) is 11.4. The van der Waals surface area contributed by atoms with Crippen LogP contribution in [0.1, 0.15) is 45.6 Å². The summed E-state index contributed by atoms with van der Waals surface area (Å²) in [5.41, 5.74) is 2.57. The van der Waals surface area contributed by atoms with E-state index in [9.17, 15) is 9.90 Å². The Labute approximate surface area is 225 Å². The molecule has 2 atom stereocenters. The molecule has 9 heteroatoms. The molecule has 0 spiro atoms. The number of fused-ring (bicyclic) bond motifs is 3. The summed E-state index contributed by atoms with van der Waals surface area (Å²) < 4.78 is 2.72. The van der Waals surface area contributed by atoms with Crippen LogP contribution in [0.2, 0.25) is 0 Å². The van der Waals surface area contributed by atoms with Crippen LogP contribution in [0.15, 0.2) is 68.4 Å². The highest BCUT2D eigenvalue weighted by Crippen LogP contribution is 2.53. The van der Waals surface area contributed by atoms with Gasteiger partial charge < -0.3 is 9.94 Å². The minimum Gasteiger partial charge on any atom is -0.493 e. The number of benzene rings is 2. The molecule has 2 bridgehead atoms. The van der Waals surface area contributed by atoms with Crippen molar-refractivity contribution in [2.24, 2.45) is 26.2 Å². The van der Waals surface area contributed by atoms with E-state index < -0.39 is 5.91 Å². The first kappa shape index (κ1) is 25.6. The van der Waals surface area contributed by atoms with Crippen molar-refractivity contribution in [3.8, 4) is 5.88 Å². The summed E-state index contributed by atoms with van der Waals surface area (Å²) in [4.78, 5) is 19.8. The van der Waals surface area contributed by atoms with Crippen LogP contribution in [0.3, 0.4) is 0 Å². The lowest BCUT2D eigenvalue weighted by molar-refractivity contribution is -0.122. The number of rotatable bonds is 7. The Morgan fingerprint density at radius 2 is 1.97 bits per heavy atom. The standard InChI is InChI=1S/C28H32BrN5O3/c1-27(2)12-21-13-28(3,16-27)17-33(21)18-34-23-10-9-20(29)11-22(23)25(26(34)36)32-31-24(35)15-37-30-14-19-7-5-4-6-8-19/h4-11,14,21,36H,12-13,15-18H2,1-3H3. The lowest BCUT2D eigenvalue weighted by Crippen LogP contribution is -2.35. The van der Waals surface area contributed by atoms with E-state index in [-0.39, 0.29) is 23.6 Å². The fourth-order valence-corrected chi connectivity index (χ4v) is 6.69. The molecular weight excluding hydrogens is 534 g/mol. The summed E-state index contributed by atoms with van der Waals surface area (Å²) in [5.74, 6) is -0.595. The first-order valence-electron chi connectivity index (χ1n) is 12.5. The normalized spacial score (nSPS) is 23.4. The van der Waals surface area contributed by atoms with Crippen LogP contribution >= 0.6 is 15.9 Å². The number of likely N-dealkylation sites (tertiary alicyclic amines) is 1. The van der Waals surface area contributed by atoms with Crippen LogP contribution in [0.5, 0.6) is 5.88 Å². The zero-order valence-corrected chi connectivity index (χ0v) is 23.0. The van der Waals surface area contributed by atoms with E-state index >= 15 is 0 Å². The molecular formula is C28H32BrN5O3. The fourth-order valence-electron chi connectivity index (χ4n) is 6.33. The van der Waals surface area contributed by atoms with Crippen molar-refractivity contribution in [2.75, 3.05) is 13.2 Å². The Kier molecular flexibility index (Phi) is 6.93. The van der Waals surface area contributed by atoms with Crippen molar-refractivity contribution in [3.63, 3.8) is 0 Å². The molecule has 37 heavy (non-hydrogen) atoms. The molecule has 5 rings (SSSR count). The van der Waals surface area contributed by atoms with Crippen LogP contribution < -0.4 is 0 Å². The number of oxime groups is 1. The molecule has 1 aliphatic carbocycles. The lowest BCUT2D eigenvalue weighted by atomic mass is 9.65. The molecule has 2 heterocycles. The Morgan fingerprint density at radius 3 is 2.76 bits per heavy atom. The number of hydrogen-bond acceptors (Lipinski definition) is 6. The Balaban J connectivity index is 1.34. The minimum absolute atomic E-state index is 0.00136. The van der Waals surface area contributed by atoms with Gasteiger partial charge in [-0.05, 0) is 53.9 Å². The molecule has 1 saturated heterocycles. The third-order valence-corrected chi connectivity index (χ3v) is 7.84. The SMILES string of the molecule is CC1(C)CC2CC(C)(CN2Cn2c(O)c(N=NC(=O)CON=Cc3ccccc3)c3cc(Br)ccc32)C1. The topological polar surface area (TPSA) is 91.8 Å². The predicted molar refractivity (Wildman–Crippen MR) is 147 cm³/mol. The van der Waals surface area contributed by atoms with Gasteiger partial charge in [-0.2, -0.15) is 0 Å². The second-order valence-corrected chi connectivity index (χ2v) is 12.3. The Hall–Kier alpha value is -3.04. The van der Waals surface area contributed by atoms with Crippen LogP contribution in [-0.4, -0.2) is 45.9 Å². The highest BCUT2D eigenvalue weighted by molar-refractivity contribution is 9.10. The van der Waals surface area contributed by atoms with Gasteiger partial charge in [-0.1, -0.05) is 72.2 Å². The summed E-state index contributed by atoms with van der Waals surface area (Å²) in [7, 11) is 0. The maximum atomic E-state index is 12.3. The van der Waals surface area contributed by atoms with Gasteiger partial charge in [0.25, 0.3) is 0 Å². The monoisotopic (exact) mass is 565 g/mol. The smallest absolute Gasteiger partial charge is 0.304 e. The van der Waals surface area contributed by atoms with Crippen LogP contribution in [0, 0.1) is 10.8 Å². The third-order valence-electron chi connectivity index (χ3n) is 7.34. The highest BCUT2D eigenvalue weighted by atomic mass is 79.9. The Morgan fingerprint density at radius 1 is 1.19 bits per heavy atom. The third kappa shape index (κ3) is 5.62. The number of amides is 1. The van der Waals surface area contributed by atoms with Gasteiger partial charge in [-0.3, -0.25) is 14.3 Å². The fraction of sp³-hybridized carbons (Fsp3) is 0.429. The summed E-state index contributed by atoms with van der Waals surface area (Å²) in [5, 5.41) is 23.7. The van der Waals surface area contributed by atoms with Crippen molar-refractivity contribution in [3.05, 3.63) is 58.6 Å². The van der Waals surface area contributed by atoms with Crippen LogP contribution in [-0.2, 0) is 16.3 Å². The number of azo groups is 1. The van der Waals surface area contributed by atoms with E-state index in [1.165, 1.54) is 19.1 Å². The highest BCUT2D eigenvalue weighted by Gasteiger charge is 2.49. The summed E-state index contributed by atoms with van der Waals surface area (Å²) in [6, 6.07) is 15.7. The first-order chi connectivity index (χ1) is 17.6. The first-order valence-corrected chi connectivity index (χ1v) is 13.3. The number of hydrogen-bond donors (Lipinski definition) is 1. The summed E-state index contributed by atoms with van der Waals surface area (Å²) in [6.07, 6.45) is 5.05. The molecule has 1 amide bonds.